The van der Waals surface area contributed by atoms with Gasteiger partial charge in [-0.15, -0.1) is 0 Å². The molecule has 172 valence electrons. The third kappa shape index (κ3) is 5.01. The molecular formula is C20H22F3N5O3S. The van der Waals surface area contributed by atoms with E-state index >= 15 is 0 Å². The summed E-state index contributed by atoms with van der Waals surface area (Å²) >= 11 is 5.34. The number of hydrogen-bond donors (Lipinski definition) is 3. The number of hydrazine groups is 1. The molecule has 1 aromatic rings. The number of alkyl halides is 3. The molecule has 1 saturated heterocycles. The Morgan fingerprint density at radius 3 is 2.31 bits per heavy atom. The average molecular weight is 469 g/mol. The van der Waals surface area contributed by atoms with Crippen LogP contribution in [0.15, 0.2) is 40.6 Å². The van der Waals surface area contributed by atoms with Gasteiger partial charge >= 0.3 is 12.1 Å². The quantitative estimate of drug-likeness (QED) is 0.354. The SMILES string of the molecule is CC1=NN(c2ccc(C(F)(F)F)cc2)C(=O)C1=C(C)NNC(=S)N1CCC(C(=O)O)CC1. The molecule has 1 fully saturated rings. The summed E-state index contributed by atoms with van der Waals surface area (Å²) in [6.07, 6.45) is -3.49. The average Bonchev–Trinajstić information content (AvgIpc) is 3.05. The highest BCUT2D eigenvalue weighted by Crippen LogP contribution is 2.32. The first-order chi connectivity index (χ1) is 15.0. The van der Waals surface area contributed by atoms with E-state index in [1.165, 1.54) is 12.1 Å². The van der Waals surface area contributed by atoms with Gasteiger partial charge in [-0.25, -0.2) is 0 Å². The molecule has 2 aliphatic rings. The van der Waals surface area contributed by atoms with Gasteiger partial charge in [-0.2, -0.15) is 23.3 Å². The number of benzene rings is 1. The fourth-order valence-corrected chi connectivity index (χ4v) is 3.76. The Balaban J connectivity index is 1.64. The highest BCUT2D eigenvalue weighted by atomic mass is 32.1. The minimum absolute atomic E-state index is 0.218. The third-order valence-electron chi connectivity index (χ3n) is 5.32. The Hall–Kier alpha value is -3.15. The second-order valence-electron chi connectivity index (χ2n) is 7.50. The smallest absolute Gasteiger partial charge is 0.416 e. The number of carbonyl (C=O) groups excluding carboxylic acids is 1. The Bertz CT molecular complexity index is 983. The van der Waals surface area contributed by atoms with Crippen LogP contribution < -0.4 is 15.9 Å². The van der Waals surface area contributed by atoms with Gasteiger partial charge in [-0.05, 0) is 63.2 Å². The maximum atomic E-state index is 12.9. The van der Waals surface area contributed by atoms with Crippen LogP contribution in [0.5, 0.6) is 0 Å². The summed E-state index contributed by atoms with van der Waals surface area (Å²) in [4.78, 5) is 25.8. The van der Waals surface area contributed by atoms with Crippen LogP contribution in [-0.4, -0.2) is 45.8 Å². The van der Waals surface area contributed by atoms with Crippen molar-refractivity contribution in [3.63, 3.8) is 0 Å². The normalized spacial score (nSPS) is 19.0. The predicted octanol–water partition coefficient (Wildman–Crippen LogP) is 2.88. The van der Waals surface area contributed by atoms with Gasteiger partial charge in [-0.3, -0.25) is 15.0 Å². The van der Waals surface area contributed by atoms with E-state index in [4.69, 9.17) is 17.3 Å². The zero-order valence-electron chi connectivity index (χ0n) is 17.4. The van der Waals surface area contributed by atoms with Gasteiger partial charge in [0.05, 0.1) is 28.5 Å². The van der Waals surface area contributed by atoms with Crippen LogP contribution in [0.3, 0.4) is 0 Å². The fraction of sp³-hybridized carbons (Fsp3) is 0.400. The van der Waals surface area contributed by atoms with Gasteiger partial charge in [0.2, 0.25) is 0 Å². The number of anilines is 1. The van der Waals surface area contributed by atoms with Crippen molar-refractivity contribution < 1.29 is 27.9 Å². The van der Waals surface area contributed by atoms with Crippen molar-refractivity contribution >= 4 is 40.6 Å². The molecule has 0 aliphatic carbocycles. The summed E-state index contributed by atoms with van der Waals surface area (Å²) in [5.41, 5.74) is 6.22. The molecule has 2 aliphatic heterocycles. The molecule has 3 rings (SSSR count). The number of hydrogen-bond acceptors (Lipinski definition) is 5. The van der Waals surface area contributed by atoms with E-state index in [2.05, 4.69) is 16.0 Å². The largest absolute Gasteiger partial charge is 0.481 e. The van der Waals surface area contributed by atoms with Crippen LogP contribution >= 0.6 is 12.2 Å². The van der Waals surface area contributed by atoms with Gasteiger partial charge in [-0.1, -0.05) is 0 Å². The van der Waals surface area contributed by atoms with Crippen molar-refractivity contribution in [3.05, 3.63) is 41.1 Å². The first kappa shape index (κ1) is 23.5. The molecule has 8 nitrogen and oxygen atoms in total. The molecule has 0 aromatic heterocycles. The Morgan fingerprint density at radius 1 is 1.19 bits per heavy atom. The number of thiocarbonyl (C=S) groups is 1. The number of aliphatic carboxylic acids is 1. The lowest BCUT2D eigenvalue weighted by molar-refractivity contribution is -0.143. The Kier molecular flexibility index (Phi) is 6.72. The number of piperidine rings is 1. The molecule has 0 bridgehead atoms. The van der Waals surface area contributed by atoms with Gasteiger partial charge in [0.1, 0.15) is 0 Å². The van der Waals surface area contributed by atoms with Crippen LogP contribution in [-0.2, 0) is 15.8 Å². The predicted molar refractivity (Wildman–Crippen MR) is 116 cm³/mol. The van der Waals surface area contributed by atoms with E-state index in [0.717, 1.165) is 17.1 Å². The van der Waals surface area contributed by atoms with E-state index in [1.54, 1.807) is 13.8 Å². The molecular weight excluding hydrogens is 447 g/mol. The molecule has 0 radical (unpaired) electrons. The number of hydrazone groups is 1. The van der Waals surface area contributed by atoms with E-state index in [-0.39, 0.29) is 17.2 Å². The molecule has 1 aromatic carbocycles. The molecule has 12 heteroatoms. The zero-order chi connectivity index (χ0) is 23.6. The van der Waals surface area contributed by atoms with E-state index in [9.17, 15) is 22.8 Å². The van der Waals surface area contributed by atoms with Gasteiger partial charge < -0.3 is 15.4 Å². The van der Waals surface area contributed by atoms with Crippen molar-refractivity contribution in [1.29, 1.82) is 0 Å². The molecule has 3 N–H and O–H groups in total. The van der Waals surface area contributed by atoms with Crippen LogP contribution in [0.2, 0.25) is 0 Å². The maximum absolute atomic E-state index is 12.9. The third-order valence-corrected chi connectivity index (χ3v) is 5.68. The lowest BCUT2D eigenvalue weighted by atomic mass is 9.97. The summed E-state index contributed by atoms with van der Waals surface area (Å²) in [5.74, 6) is -1.67. The number of carboxylic acid groups (broad SMARTS) is 1. The van der Waals surface area contributed by atoms with E-state index in [0.29, 0.717) is 42.5 Å². The van der Waals surface area contributed by atoms with Gasteiger partial charge in [0.15, 0.2) is 5.11 Å². The number of nitrogens with one attached hydrogen (secondary N) is 2. The lowest BCUT2D eigenvalue weighted by Crippen LogP contribution is -2.49. The molecule has 0 unspecified atom stereocenters. The Labute approximate surface area is 187 Å². The Morgan fingerprint density at radius 2 is 1.78 bits per heavy atom. The fourth-order valence-electron chi connectivity index (χ4n) is 3.52. The van der Waals surface area contributed by atoms with Crippen LogP contribution in [0.4, 0.5) is 18.9 Å². The molecule has 0 atom stereocenters. The van der Waals surface area contributed by atoms with Crippen molar-refractivity contribution in [1.82, 2.24) is 15.8 Å². The lowest BCUT2D eigenvalue weighted by Gasteiger charge is -2.32. The molecule has 2 heterocycles. The highest BCUT2D eigenvalue weighted by molar-refractivity contribution is 7.80. The summed E-state index contributed by atoms with van der Waals surface area (Å²) in [6.45, 7) is 4.27. The van der Waals surface area contributed by atoms with Crippen LogP contribution in [0.25, 0.3) is 0 Å². The van der Waals surface area contributed by atoms with Crippen LogP contribution in [0, 0.1) is 5.92 Å². The summed E-state index contributed by atoms with van der Waals surface area (Å²) in [7, 11) is 0. The van der Waals surface area contributed by atoms with Crippen molar-refractivity contribution in [2.45, 2.75) is 32.9 Å². The molecule has 1 amide bonds. The summed E-state index contributed by atoms with van der Waals surface area (Å²) in [5, 5.41) is 14.7. The number of halogens is 3. The van der Waals surface area contributed by atoms with Crippen molar-refractivity contribution in [3.8, 4) is 0 Å². The molecule has 0 spiro atoms. The topological polar surface area (TPSA) is 97.3 Å². The second kappa shape index (κ2) is 9.15. The van der Waals surface area contributed by atoms with E-state index < -0.39 is 23.6 Å². The number of nitrogens with zero attached hydrogens (tertiary/aromatic N) is 3. The number of likely N-dealkylation sites (tertiary alicyclic amines) is 1. The standard InChI is InChI=1S/C20H22F3N5O3S/c1-11(24-25-19(32)27-9-7-13(8-10-27)18(30)31)16-12(2)26-28(17(16)29)15-5-3-14(4-6-15)20(21,22)23/h3-6,13,24H,7-10H2,1-2H3,(H,25,32)(H,30,31). The number of carbonyl (C=O) groups is 2. The summed E-state index contributed by atoms with van der Waals surface area (Å²) in [6, 6.07) is 4.18. The number of allylic oxidation sites excluding steroid dienone is 1. The second-order valence-corrected chi connectivity index (χ2v) is 7.89. The highest BCUT2D eigenvalue weighted by Gasteiger charge is 2.33. The van der Waals surface area contributed by atoms with Gasteiger partial charge in [0, 0.05) is 18.8 Å². The van der Waals surface area contributed by atoms with Gasteiger partial charge in [0.25, 0.3) is 5.91 Å². The maximum Gasteiger partial charge on any atom is 0.416 e. The first-order valence-corrected chi connectivity index (χ1v) is 10.2. The van der Waals surface area contributed by atoms with Crippen LogP contribution in [0.1, 0.15) is 32.3 Å². The van der Waals surface area contributed by atoms with Crippen molar-refractivity contribution in [2.24, 2.45) is 11.0 Å². The number of rotatable bonds is 4. The van der Waals surface area contributed by atoms with Crippen molar-refractivity contribution in [2.75, 3.05) is 18.1 Å². The minimum atomic E-state index is -4.47. The van der Waals surface area contributed by atoms with E-state index in [1.807, 2.05) is 4.90 Å². The zero-order valence-corrected chi connectivity index (χ0v) is 18.2. The monoisotopic (exact) mass is 469 g/mol. The number of carboxylic acids is 1. The molecule has 0 saturated carbocycles. The minimum Gasteiger partial charge on any atom is -0.481 e. The molecule has 32 heavy (non-hydrogen) atoms. The first-order valence-electron chi connectivity index (χ1n) is 9.81. The number of amides is 1. The summed E-state index contributed by atoms with van der Waals surface area (Å²) < 4.78 is 38.3.